The van der Waals surface area contributed by atoms with Crippen LogP contribution in [0.5, 0.6) is 0 Å². The standard InChI is InChI=1S/C12H13NO3S/c1-2-8(14)17-13-11(15)9-6-3-4-7(5-6)10(9)12(13)16/h3-4,6-7,9-10H,2,5H2,1H3. The Morgan fingerprint density at radius 1 is 1.29 bits per heavy atom. The summed E-state index contributed by atoms with van der Waals surface area (Å²) in [4.78, 5) is 35.6. The molecule has 0 aromatic rings. The smallest absolute Gasteiger partial charge is 0.244 e. The van der Waals surface area contributed by atoms with E-state index >= 15 is 0 Å². The maximum absolute atomic E-state index is 12.1. The first-order chi connectivity index (χ1) is 8.13. The van der Waals surface area contributed by atoms with E-state index in [0.717, 1.165) is 22.7 Å². The first-order valence-corrected chi connectivity index (χ1v) is 6.67. The highest BCUT2D eigenvalue weighted by atomic mass is 32.2. The van der Waals surface area contributed by atoms with Crippen molar-refractivity contribution in [2.45, 2.75) is 19.8 Å². The van der Waals surface area contributed by atoms with Gasteiger partial charge in [-0.25, -0.2) is 4.31 Å². The minimum Gasteiger partial charge on any atom is -0.285 e. The Morgan fingerprint density at radius 2 is 1.82 bits per heavy atom. The molecule has 5 heteroatoms. The van der Waals surface area contributed by atoms with E-state index in [1.807, 2.05) is 12.2 Å². The Balaban J connectivity index is 1.85. The van der Waals surface area contributed by atoms with Gasteiger partial charge in [0.25, 0.3) is 0 Å². The van der Waals surface area contributed by atoms with Gasteiger partial charge in [-0.3, -0.25) is 14.4 Å². The van der Waals surface area contributed by atoms with E-state index < -0.39 is 0 Å². The monoisotopic (exact) mass is 251 g/mol. The van der Waals surface area contributed by atoms with Crippen LogP contribution >= 0.6 is 11.9 Å². The predicted octanol–water partition coefficient (Wildman–Crippen LogP) is 1.38. The Bertz CT molecular complexity index is 415. The van der Waals surface area contributed by atoms with Crippen LogP contribution < -0.4 is 0 Å². The summed E-state index contributed by atoms with van der Waals surface area (Å²) < 4.78 is 1.10. The Hall–Kier alpha value is -1.10. The van der Waals surface area contributed by atoms with E-state index in [1.54, 1.807) is 6.92 Å². The van der Waals surface area contributed by atoms with Gasteiger partial charge >= 0.3 is 0 Å². The zero-order valence-electron chi connectivity index (χ0n) is 9.46. The van der Waals surface area contributed by atoms with Crippen LogP contribution in [0.4, 0.5) is 0 Å². The highest BCUT2D eigenvalue weighted by molar-refractivity contribution is 8.12. The van der Waals surface area contributed by atoms with Crippen molar-refractivity contribution in [2.75, 3.05) is 0 Å². The molecule has 2 fully saturated rings. The second-order valence-electron chi connectivity index (χ2n) is 4.79. The van der Waals surface area contributed by atoms with Gasteiger partial charge in [0, 0.05) is 18.4 Å². The molecule has 0 aromatic carbocycles. The molecular weight excluding hydrogens is 238 g/mol. The van der Waals surface area contributed by atoms with Crippen molar-refractivity contribution in [3.8, 4) is 0 Å². The number of nitrogens with zero attached hydrogens (tertiary/aromatic N) is 1. The van der Waals surface area contributed by atoms with Gasteiger partial charge in [0.15, 0.2) is 0 Å². The van der Waals surface area contributed by atoms with Gasteiger partial charge in [0.2, 0.25) is 16.9 Å². The molecule has 4 unspecified atom stereocenters. The number of carbonyl (C=O) groups is 3. The molecule has 2 aliphatic carbocycles. The lowest BCUT2D eigenvalue weighted by atomic mass is 9.85. The van der Waals surface area contributed by atoms with Crippen LogP contribution in [0.2, 0.25) is 0 Å². The van der Waals surface area contributed by atoms with Crippen LogP contribution in [-0.2, 0) is 14.4 Å². The number of amides is 2. The zero-order chi connectivity index (χ0) is 12.2. The van der Waals surface area contributed by atoms with Crippen molar-refractivity contribution < 1.29 is 14.4 Å². The summed E-state index contributed by atoms with van der Waals surface area (Å²) in [5.41, 5.74) is 0. The predicted molar refractivity (Wildman–Crippen MR) is 62.5 cm³/mol. The fourth-order valence-corrected chi connectivity index (χ4v) is 3.89. The van der Waals surface area contributed by atoms with E-state index in [-0.39, 0.29) is 40.6 Å². The molecule has 0 radical (unpaired) electrons. The van der Waals surface area contributed by atoms with Gasteiger partial charge in [-0.1, -0.05) is 19.1 Å². The molecule has 90 valence electrons. The first kappa shape index (κ1) is 11.0. The van der Waals surface area contributed by atoms with E-state index in [1.165, 1.54) is 0 Å². The summed E-state index contributed by atoms with van der Waals surface area (Å²) >= 11 is 0.780. The van der Waals surface area contributed by atoms with Gasteiger partial charge < -0.3 is 0 Å². The van der Waals surface area contributed by atoms with Crippen molar-refractivity contribution in [2.24, 2.45) is 23.7 Å². The topological polar surface area (TPSA) is 54.5 Å². The molecule has 1 aliphatic heterocycles. The third-order valence-electron chi connectivity index (χ3n) is 3.91. The second-order valence-corrected chi connectivity index (χ2v) is 5.79. The molecule has 4 nitrogen and oxygen atoms in total. The number of fused-ring (bicyclic) bond motifs is 5. The summed E-state index contributed by atoms with van der Waals surface area (Å²) in [5.74, 6) is -0.302. The van der Waals surface area contributed by atoms with Crippen molar-refractivity contribution in [3.05, 3.63) is 12.2 Å². The number of allylic oxidation sites excluding steroid dienone is 2. The average Bonchev–Trinajstić information content (AvgIpc) is 2.98. The quantitative estimate of drug-likeness (QED) is 0.422. The molecule has 3 rings (SSSR count). The molecule has 0 N–H and O–H groups in total. The molecule has 1 saturated heterocycles. The molecule has 2 bridgehead atoms. The molecular formula is C12H13NO3S. The highest BCUT2D eigenvalue weighted by Gasteiger charge is 2.59. The summed E-state index contributed by atoms with van der Waals surface area (Å²) in [6.07, 6.45) is 5.36. The molecule has 1 saturated carbocycles. The fourth-order valence-electron chi connectivity index (χ4n) is 3.13. The number of rotatable bonds is 2. The van der Waals surface area contributed by atoms with Crippen molar-refractivity contribution in [3.63, 3.8) is 0 Å². The number of carbonyl (C=O) groups excluding carboxylic acids is 3. The third-order valence-corrected chi connectivity index (χ3v) is 4.95. The molecule has 17 heavy (non-hydrogen) atoms. The Labute approximate surface area is 104 Å². The molecule has 0 spiro atoms. The summed E-state index contributed by atoms with van der Waals surface area (Å²) in [7, 11) is 0. The zero-order valence-corrected chi connectivity index (χ0v) is 10.3. The molecule has 4 atom stereocenters. The molecule has 2 amide bonds. The van der Waals surface area contributed by atoms with Crippen LogP contribution in [0.1, 0.15) is 19.8 Å². The van der Waals surface area contributed by atoms with Crippen molar-refractivity contribution in [1.29, 1.82) is 0 Å². The minimum atomic E-state index is -0.199. The van der Waals surface area contributed by atoms with E-state index in [4.69, 9.17) is 0 Å². The molecule has 3 aliphatic rings. The number of hydrogen-bond donors (Lipinski definition) is 0. The van der Waals surface area contributed by atoms with Gasteiger partial charge in [0.05, 0.1) is 11.8 Å². The van der Waals surface area contributed by atoms with Crippen LogP contribution in [-0.4, -0.2) is 21.2 Å². The van der Waals surface area contributed by atoms with Crippen molar-refractivity contribution in [1.82, 2.24) is 4.31 Å². The lowest BCUT2D eigenvalue weighted by molar-refractivity contribution is -0.134. The van der Waals surface area contributed by atoms with Gasteiger partial charge in [0.1, 0.15) is 0 Å². The van der Waals surface area contributed by atoms with Crippen LogP contribution in [0.25, 0.3) is 0 Å². The van der Waals surface area contributed by atoms with Crippen LogP contribution in [0.15, 0.2) is 12.2 Å². The second kappa shape index (κ2) is 3.70. The SMILES string of the molecule is CCC(=O)SN1C(=O)C2C3C=CC(C3)C2C1=O. The van der Waals surface area contributed by atoms with Gasteiger partial charge in [-0.15, -0.1) is 0 Å². The van der Waals surface area contributed by atoms with Gasteiger partial charge in [-0.2, -0.15) is 0 Å². The Morgan fingerprint density at radius 3 is 2.29 bits per heavy atom. The van der Waals surface area contributed by atoms with Crippen LogP contribution in [0.3, 0.4) is 0 Å². The number of hydrogen-bond acceptors (Lipinski definition) is 4. The average molecular weight is 251 g/mol. The van der Waals surface area contributed by atoms with E-state index in [0.29, 0.717) is 6.42 Å². The van der Waals surface area contributed by atoms with Crippen molar-refractivity contribution >= 4 is 28.9 Å². The minimum absolute atomic E-state index is 0.132. The summed E-state index contributed by atoms with van der Waals surface area (Å²) in [6.45, 7) is 1.73. The first-order valence-electron chi connectivity index (χ1n) is 5.90. The summed E-state index contributed by atoms with van der Waals surface area (Å²) in [6, 6.07) is 0. The Kier molecular flexibility index (Phi) is 2.40. The molecule has 0 aromatic heterocycles. The lowest BCUT2D eigenvalue weighted by Crippen LogP contribution is -2.27. The van der Waals surface area contributed by atoms with Gasteiger partial charge in [-0.05, 0) is 18.3 Å². The normalized spacial score (nSPS) is 38.1. The highest BCUT2D eigenvalue weighted by Crippen LogP contribution is 2.53. The maximum Gasteiger partial charge on any atom is 0.244 e. The third kappa shape index (κ3) is 1.41. The summed E-state index contributed by atoms with van der Waals surface area (Å²) in [5, 5.41) is -0.132. The van der Waals surface area contributed by atoms with E-state index in [2.05, 4.69) is 0 Å². The lowest BCUT2D eigenvalue weighted by Gasteiger charge is -2.14. The fraction of sp³-hybridized carbons (Fsp3) is 0.583. The largest absolute Gasteiger partial charge is 0.285 e. The molecule has 1 heterocycles. The van der Waals surface area contributed by atoms with E-state index in [9.17, 15) is 14.4 Å². The maximum atomic E-state index is 12.1. The van der Waals surface area contributed by atoms with Crippen LogP contribution in [0, 0.1) is 23.7 Å². The number of imide groups is 1.